The van der Waals surface area contributed by atoms with Crippen LogP contribution in [0, 0.1) is 5.92 Å². The van der Waals surface area contributed by atoms with E-state index >= 15 is 0 Å². The Morgan fingerprint density at radius 3 is 2.59 bits per heavy atom. The zero-order chi connectivity index (χ0) is 16.7. The summed E-state index contributed by atoms with van der Waals surface area (Å²) in [7, 11) is 3.40. The Bertz CT molecular complexity index is 412. The summed E-state index contributed by atoms with van der Waals surface area (Å²) in [5.74, 6) is -0.582. The number of amides is 4. The van der Waals surface area contributed by atoms with Gasteiger partial charge in [-0.2, -0.15) is 0 Å². The van der Waals surface area contributed by atoms with E-state index in [0.717, 1.165) is 19.3 Å². The van der Waals surface area contributed by atoms with Crippen LogP contribution in [0.2, 0.25) is 0 Å². The highest BCUT2D eigenvalue weighted by molar-refractivity contribution is 5.88. The molecular weight excluding hydrogens is 284 g/mol. The van der Waals surface area contributed by atoms with Gasteiger partial charge in [0, 0.05) is 33.7 Å². The summed E-state index contributed by atoms with van der Waals surface area (Å²) < 4.78 is 0. The van der Waals surface area contributed by atoms with Gasteiger partial charge in [0.2, 0.25) is 11.8 Å². The van der Waals surface area contributed by atoms with Crippen LogP contribution in [0.4, 0.5) is 4.79 Å². The van der Waals surface area contributed by atoms with Gasteiger partial charge in [0.05, 0.1) is 5.92 Å². The molecule has 0 radical (unpaired) electrons. The van der Waals surface area contributed by atoms with Crippen LogP contribution in [0.5, 0.6) is 0 Å². The van der Waals surface area contributed by atoms with Crippen molar-refractivity contribution in [1.82, 2.24) is 20.4 Å². The first-order valence-electron chi connectivity index (χ1n) is 7.91. The summed E-state index contributed by atoms with van der Waals surface area (Å²) in [6.07, 6.45) is 2.40. The molecule has 0 aromatic heterocycles. The van der Waals surface area contributed by atoms with E-state index in [0.29, 0.717) is 19.6 Å². The lowest BCUT2D eigenvalue weighted by atomic mass is 9.97. The molecule has 0 spiro atoms. The van der Waals surface area contributed by atoms with E-state index in [4.69, 9.17) is 0 Å². The molecule has 0 aliphatic carbocycles. The Labute approximate surface area is 132 Å². The standard InChI is InChI=1S/C15H28N4O3/c1-5-8-16-13(20)11(2)17-14(21)12-7-6-9-19(10-12)15(22)18(3)4/h11-12H,5-10H2,1-4H3,(H,16,20)(H,17,21). The fourth-order valence-electron chi connectivity index (χ4n) is 2.45. The van der Waals surface area contributed by atoms with E-state index in [2.05, 4.69) is 10.6 Å². The number of rotatable bonds is 5. The van der Waals surface area contributed by atoms with Crippen molar-refractivity contribution in [2.24, 2.45) is 5.92 Å². The quantitative estimate of drug-likeness (QED) is 0.771. The van der Waals surface area contributed by atoms with Crippen molar-refractivity contribution in [2.75, 3.05) is 33.7 Å². The molecule has 2 atom stereocenters. The molecule has 1 saturated heterocycles. The van der Waals surface area contributed by atoms with Gasteiger partial charge < -0.3 is 20.4 Å². The Morgan fingerprint density at radius 2 is 2.00 bits per heavy atom. The van der Waals surface area contributed by atoms with E-state index in [9.17, 15) is 14.4 Å². The molecular formula is C15H28N4O3. The molecule has 1 fully saturated rings. The third-order valence-electron chi connectivity index (χ3n) is 3.75. The molecule has 0 saturated carbocycles. The van der Waals surface area contributed by atoms with Crippen molar-refractivity contribution in [3.8, 4) is 0 Å². The highest BCUT2D eigenvalue weighted by Crippen LogP contribution is 2.17. The molecule has 126 valence electrons. The fourth-order valence-corrected chi connectivity index (χ4v) is 2.45. The lowest BCUT2D eigenvalue weighted by molar-refractivity contribution is -0.131. The number of likely N-dealkylation sites (tertiary alicyclic amines) is 1. The van der Waals surface area contributed by atoms with Crippen molar-refractivity contribution < 1.29 is 14.4 Å². The molecule has 1 rings (SSSR count). The van der Waals surface area contributed by atoms with Crippen LogP contribution in [-0.4, -0.2) is 67.4 Å². The number of urea groups is 1. The molecule has 1 aliphatic rings. The monoisotopic (exact) mass is 312 g/mol. The van der Waals surface area contributed by atoms with Gasteiger partial charge in [-0.25, -0.2) is 4.79 Å². The number of piperidine rings is 1. The average molecular weight is 312 g/mol. The van der Waals surface area contributed by atoms with Gasteiger partial charge in [0.1, 0.15) is 6.04 Å². The first-order chi connectivity index (χ1) is 10.4. The van der Waals surface area contributed by atoms with E-state index in [-0.39, 0.29) is 23.8 Å². The summed E-state index contributed by atoms with van der Waals surface area (Å²) in [5.41, 5.74) is 0. The summed E-state index contributed by atoms with van der Waals surface area (Å²) in [6.45, 7) is 5.34. The Hall–Kier alpha value is -1.79. The first kappa shape index (κ1) is 18.3. The highest BCUT2D eigenvalue weighted by Gasteiger charge is 2.30. The zero-order valence-electron chi connectivity index (χ0n) is 14.0. The van der Waals surface area contributed by atoms with Crippen LogP contribution in [0.3, 0.4) is 0 Å². The normalized spacial score (nSPS) is 19.3. The average Bonchev–Trinajstić information content (AvgIpc) is 2.51. The summed E-state index contributed by atoms with van der Waals surface area (Å²) >= 11 is 0. The van der Waals surface area contributed by atoms with Gasteiger partial charge in [0.25, 0.3) is 0 Å². The van der Waals surface area contributed by atoms with Gasteiger partial charge in [-0.3, -0.25) is 9.59 Å². The largest absolute Gasteiger partial charge is 0.354 e. The second kappa shape index (κ2) is 8.60. The maximum atomic E-state index is 12.3. The van der Waals surface area contributed by atoms with Crippen molar-refractivity contribution in [3.05, 3.63) is 0 Å². The number of nitrogens with zero attached hydrogens (tertiary/aromatic N) is 2. The van der Waals surface area contributed by atoms with Crippen LogP contribution in [0.1, 0.15) is 33.1 Å². The maximum Gasteiger partial charge on any atom is 0.319 e. The molecule has 2 N–H and O–H groups in total. The van der Waals surface area contributed by atoms with Crippen molar-refractivity contribution >= 4 is 17.8 Å². The van der Waals surface area contributed by atoms with Crippen molar-refractivity contribution in [3.63, 3.8) is 0 Å². The van der Waals surface area contributed by atoms with Crippen LogP contribution in [0.25, 0.3) is 0 Å². The smallest absolute Gasteiger partial charge is 0.319 e. The molecule has 22 heavy (non-hydrogen) atoms. The first-order valence-corrected chi connectivity index (χ1v) is 7.91. The van der Waals surface area contributed by atoms with Gasteiger partial charge in [-0.1, -0.05) is 6.92 Å². The molecule has 4 amide bonds. The molecule has 1 aliphatic heterocycles. The zero-order valence-corrected chi connectivity index (χ0v) is 14.0. The topological polar surface area (TPSA) is 81.8 Å². The minimum atomic E-state index is -0.557. The number of carbonyl (C=O) groups is 3. The number of hydrogen-bond acceptors (Lipinski definition) is 3. The molecule has 0 bridgehead atoms. The lowest BCUT2D eigenvalue weighted by Gasteiger charge is -2.34. The predicted molar refractivity (Wildman–Crippen MR) is 84.3 cm³/mol. The molecule has 0 aromatic carbocycles. The maximum absolute atomic E-state index is 12.3. The Kier molecular flexibility index (Phi) is 7.14. The number of nitrogens with one attached hydrogen (secondary N) is 2. The minimum absolute atomic E-state index is 0.0776. The summed E-state index contributed by atoms with van der Waals surface area (Å²) in [6, 6.07) is -0.634. The van der Waals surface area contributed by atoms with Gasteiger partial charge in [0.15, 0.2) is 0 Å². The molecule has 0 aromatic rings. The molecule has 2 unspecified atom stereocenters. The van der Waals surface area contributed by atoms with Crippen molar-refractivity contribution in [1.29, 1.82) is 0 Å². The highest BCUT2D eigenvalue weighted by atomic mass is 16.2. The van der Waals surface area contributed by atoms with E-state index < -0.39 is 6.04 Å². The second-order valence-corrected chi connectivity index (χ2v) is 5.98. The molecule has 7 heteroatoms. The molecule has 1 heterocycles. The Balaban J connectivity index is 2.51. The minimum Gasteiger partial charge on any atom is -0.354 e. The van der Waals surface area contributed by atoms with Gasteiger partial charge in [-0.15, -0.1) is 0 Å². The van der Waals surface area contributed by atoms with Crippen LogP contribution in [-0.2, 0) is 9.59 Å². The number of hydrogen-bond donors (Lipinski definition) is 2. The summed E-state index contributed by atoms with van der Waals surface area (Å²) in [5, 5.41) is 5.50. The third kappa shape index (κ3) is 5.20. The van der Waals surface area contributed by atoms with E-state index in [1.54, 1.807) is 25.9 Å². The predicted octanol–water partition coefficient (Wildman–Crippen LogP) is 0.411. The fraction of sp³-hybridized carbons (Fsp3) is 0.800. The van der Waals surface area contributed by atoms with Crippen LogP contribution < -0.4 is 10.6 Å². The van der Waals surface area contributed by atoms with E-state index in [1.165, 1.54) is 4.90 Å². The van der Waals surface area contributed by atoms with Crippen LogP contribution >= 0.6 is 0 Å². The third-order valence-corrected chi connectivity index (χ3v) is 3.75. The lowest BCUT2D eigenvalue weighted by Crippen LogP contribution is -2.52. The van der Waals surface area contributed by atoms with Gasteiger partial charge in [-0.05, 0) is 26.2 Å². The van der Waals surface area contributed by atoms with Crippen molar-refractivity contribution in [2.45, 2.75) is 39.2 Å². The van der Waals surface area contributed by atoms with Gasteiger partial charge >= 0.3 is 6.03 Å². The number of carbonyl (C=O) groups excluding carboxylic acids is 3. The Morgan fingerprint density at radius 1 is 1.32 bits per heavy atom. The second-order valence-electron chi connectivity index (χ2n) is 5.98. The van der Waals surface area contributed by atoms with E-state index in [1.807, 2.05) is 6.92 Å². The van der Waals surface area contributed by atoms with Crippen LogP contribution in [0.15, 0.2) is 0 Å². The molecule has 7 nitrogen and oxygen atoms in total. The SMILES string of the molecule is CCCNC(=O)C(C)NC(=O)C1CCCN(C(=O)N(C)C)C1. The summed E-state index contributed by atoms with van der Waals surface area (Å²) in [4.78, 5) is 39.2.